The topological polar surface area (TPSA) is 84.0 Å². The molecule has 0 aromatic heterocycles. The molecule has 0 spiro atoms. The van der Waals surface area contributed by atoms with E-state index in [4.69, 9.17) is 22.6 Å². The van der Waals surface area contributed by atoms with Crippen molar-refractivity contribution in [1.82, 2.24) is 0 Å². The van der Waals surface area contributed by atoms with Gasteiger partial charge in [0.1, 0.15) is 0 Å². The molecule has 21 heavy (non-hydrogen) atoms. The van der Waals surface area contributed by atoms with E-state index in [-0.39, 0.29) is 15.7 Å². The predicted molar refractivity (Wildman–Crippen MR) is 82.6 cm³/mol. The Morgan fingerprint density at radius 2 is 1.95 bits per heavy atom. The van der Waals surface area contributed by atoms with E-state index in [1.165, 1.54) is 18.2 Å². The average molecular weight is 321 g/mol. The van der Waals surface area contributed by atoms with Crippen LogP contribution in [0.25, 0.3) is 0 Å². The largest absolute Gasteiger partial charge is 0.399 e. The molecule has 6 heteroatoms. The standard InChI is InChI=1S/C15H13ClN2O2S/c1-10-6-11(8-17)2-3-12(10)9-21(19,20)15-5-4-13(18)7-14(15)16/h2-7H,9,18H2,1H3. The summed E-state index contributed by atoms with van der Waals surface area (Å²) in [6.45, 7) is 1.77. The molecule has 4 nitrogen and oxygen atoms in total. The van der Waals surface area contributed by atoms with Crippen molar-refractivity contribution < 1.29 is 8.42 Å². The van der Waals surface area contributed by atoms with E-state index in [0.29, 0.717) is 16.8 Å². The minimum absolute atomic E-state index is 0.0575. The van der Waals surface area contributed by atoms with Crippen LogP contribution in [-0.2, 0) is 15.6 Å². The molecule has 0 heterocycles. The van der Waals surface area contributed by atoms with Gasteiger partial charge in [0, 0.05) is 5.69 Å². The van der Waals surface area contributed by atoms with Crippen molar-refractivity contribution in [1.29, 1.82) is 5.26 Å². The van der Waals surface area contributed by atoms with Crippen molar-refractivity contribution in [3.05, 3.63) is 58.1 Å². The Morgan fingerprint density at radius 1 is 1.24 bits per heavy atom. The molecule has 108 valence electrons. The summed E-state index contributed by atoms with van der Waals surface area (Å²) >= 11 is 5.97. The van der Waals surface area contributed by atoms with Gasteiger partial charge in [-0.1, -0.05) is 17.7 Å². The van der Waals surface area contributed by atoms with E-state index in [1.807, 2.05) is 6.07 Å². The van der Waals surface area contributed by atoms with Gasteiger partial charge in [0.05, 0.1) is 27.3 Å². The van der Waals surface area contributed by atoms with Gasteiger partial charge in [0.2, 0.25) is 0 Å². The quantitative estimate of drug-likeness (QED) is 0.881. The maximum Gasteiger partial charge on any atom is 0.183 e. The molecule has 0 fully saturated rings. The second-order valence-electron chi connectivity index (χ2n) is 4.70. The third-order valence-electron chi connectivity index (χ3n) is 3.11. The fourth-order valence-corrected chi connectivity index (χ4v) is 4.04. The second-order valence-corrected chi connectivity index (χ2v) is 7.07. The second kappa shape index (κ2) is 5.76. The summed E-state index contributed by atoms with van der Waals surface area (Å²) in [6.07, 6.45) is 0. The average Bonchev–Trinajstić information content (AvgIpc) is 2.40. The Balaban J connectivity index is 2.40. The predicted octanol–water partition coefficient (Wildman–Crippen LogP) is 3.08. The van der Waals surface area contributed by atoms with Crippen LogP contribution in [0.3, 0.4) is 0 Å². The molecule has 0 saturated heterocycles. The molecular weight excluding hydrogens is 308 g/mol. The van der Waals surface area contributed by atoms with Crippen LogP contribution in [0.5, 0.6) is 0 Å². The van der Waals surface area contributed by atoms with Crippen molar-refractivity contribution in [3.63, 3.8) is 0 Å². The zero-order valence-corrected chi connectivity index (χ0v) is 12.9. The Hall–Kier alpha value is -2.03. The number of anilines is 1. The number of hydrogen-bond acceptors (Lipinski definition) is 4. The number of nitrogens with two attached hydrogens (primary N) is 1. The van der Waals surface area contributed by atoms with Crippen molar-refractivity contribution in [3.8, 4) is 6.07 Å². The molecule has 2 rings (SSSR count). The number of nitrogens with zero attached hydrogens (tertiary/aromatic N) is 1. The summed E-state index contributed by atoms with van der Waals surface area (Å²) in [7, 11) is -3.57. The number of hydrogen-bond donors (Lipinski definition) is 1. The molecule has 0 amide bonds. The number of nitriles is 1. The van der Waals surface area contributed by atoms with E-state index < -0.39 is 9.84 Å². The van der Waals surface area contributed by atoms with E-state index in [0.717, 1.165) is 5.56 Å². The third-order valence-corrected chi connectivity index (χ3v) is 5.25. The number of halogens is 1. The maximum absolute atomic E-state index is 12.5. The molecule has 0 unspecified atom stereocenters. The minimum Gasteiger partial charge on any atom is -0.399 e. The molecule has 2 aromatic rings. The van der Waals surface area contributed by atoms with Crippen LogP contribution in [0.2, 0.25) is 5.02 Å². The highest BCUT2D eigenvalue weighted by molar-refractivity contribution is 7.90. The van der Waals surface area contributed by atoms with Crippen molar-refractivity contribution in [2.45, 2.75) is 17.6 Å². The first kappa shape index (κ1) is 15.4. The monoisotopic (exact) mass is 320 g/mol. The van der Waals surface area contributed by atoms with E-state index >= 15 is 0 Å². The number of sulfone groups is 1. The molecule has 0 aliphatic carbocycles. The summed E-state index contributed by atoms with van der Waals surface area (Å²) in [5.74, 6) is -0.172. The highest BCUT2D eigenvalue weighted by Crippen LogP contribution is 2.27. The fourth-order valence-electron chi connectivity index (χ4n) is 1.98. The van der Waals surface area contributed by atoms with Crippen molar-refractivity contribution in [2.24, 2.45) is 0 Å². The summed E-state index contributed by atoms with van der Waals surface area (Å²) in [5, 5.41) is 8.94. The lowest BCUT2D eigenvalue weighted by Crippen LogP contribution is -2.07. The maximum atomic E-state index is 12.5. The van der Waals surface area contributed by atoms with Gasteiger partial charge in [0.15, 0.2) is 9.84 Å². The van der Waals surface area contributed by atoms with Crippen molar-refractivity contribution >= 4 is 27.1 Å². The Morgan fingerprint density at radius 3 is 2.52 bits per heavy atom. The Kier molecular flexibility index (Phi) is 4.21. The number of rotatable bonds is 3. The lowest BCUT2D eigenvalue weighted by Gasteiger charge is -2.09. The fraction of sp³-hybridized carbons (Fsp3) is 0.133. The van der Waals surface area contributed by atoms with Gasteiger partial charge in [-0.05, 0) is 48.4 Å². The molecule has 0 atom stereocenters. The molecular formula is C15H13ClN2O2S. The van der Waals surface area contributed by atoms with Crippen LogP contribution < -0.4 is 5.73 Å². The first-order chi connectivity index (χ1) is 9.83. The molecule has 0 radical (unpaired) electrons. The van der Waals surface area contributed by atoms with E-state index in [2.05, 4.69) is 0 Å². The van der Waals surface area contributed by atoms with E-state index in [1.54, 1.807) is 25.1 Å². The normalized spacial score (nSPS) is 11.1. The third kappa shape index (κ3) is 3.35. The SMILES string of the molecule is Cc1cc(C#N)ccc1CS(=O)(=O)c1ccc(N)cc1Cl. The first-order valence-corrected chi connectivity index (χ1v) is 8.14. The van der Waals surface area contributed by atoms with Crippen LogP contribution >= 0.6 is 11.6 Å². The number of aryl methyl sites for hydroxylation is 1. The highest BCUT2D eigenvalue weighted by atomic mass is 35.5. The van der Waals surface area contributed by atoms with Crippen molar-refractivity contribution in [2.75, 3.05) is 5.73 Å². The zero-order chi connectivity index (χ0) is 15.6. The molecule has 2 aromatic carbocycles. The van der Waals surface area contributed by atoms with Gasteiger partial charge >= 0.3 is 0 Å². The first-order valence-electron chi connectivity index (χ1n) is 6.11. The molecule has 0 saturated carbocycles. The van der Waals surface area contributed by atoms with Gasteiger partial charge in [-0.2, -0.15) is 5.26 Å². The molecule has 0 aliphatic rings. The van der Waals surface area contributed by atoms with Crippen LogP contribution in [0.4, 0.5) is 5.69 Å². The number of benzene rings is 2. The summed E-state index contributed by atoms with van der Waals surface area (Å²) in [4.78, 5) is 0.0575. The Bertz CT molecular complexity index is 839. The zero-order valence-electron chi connectivity index (χ0n) is 11.3. The van der Waals surface area contributed by atoms with Crippen LogP contribution in [0.1, 0.15) is 16.7 Å². The van der Waals surface area contributed by atoms with Gasteiger partial charge < -0.3 is 5.73 Å². The van der Waals surface area contributed by atoms with Gasteiger partial charge in [-0.25, -0.2) is 8.42 Å². The van der Waals surface area contributed by atoms with E-state index in [9.17, 15) is 8.42 Å². The summed E-state index contributed by atoms with van der Waals surface area (Å²) < 4.78 is 24.9. The smallest absolute Gasteiger partial charge is 0.183 e. The van der Waals surface area contributed by atoms with Crippen LogP contribution in [-0.4, -0.2) is 8.42 Å². The molecule has 0 aliphatic heterocycles. The highest BCUT2D eigenvalue weighted by Gasteiger charge is 2.20. The van der Waals surface area contributed by atoms with Crippen LogP contribution in [0.15, 0.2) is 41.3 Å². The summed E-state index contributed by atoms with van der Waals surface area (Å²) in [5.41, 5.74) is 7.87. The lowest BCUT2D eigenvalue weighted by atomic mass is 10.1. The Labute approximate surface area is 128 Å². The number of nitrogen functional groups attached to an aromatic ring is 1. The molecule has 2 N–H and O–H groups in total. The minimum atomic E-state index is -3.57. The summed E-state index contributed by atoms with van der Waals surface area (Å²) in [6, 6.07) is 11.3. The van der Waals surface area contributed by atoms with Gasteiger partial charge in [-0.15, -0.1) is 0 Å². The lowest BCUT2D eigenvalue weighted by molar-refractivity contribution is 0.595. The molecule has 0 bridgehead atoms. The van der Waals surface area contributed by atoms with Crippen LogP contribution in [0, 0.1) is 18.3 Å². The van der Waals surface area contributed by atoms with Gasteiger partial charge in [-0.3, -0.25) is 0 Å². The van der Waals surface area contributed by atoms with Gasteiger partial charge in [0.25, 0.3) is 0 Å².